The Morgan fingerprint density at radius 2 is 2.12 bits per heavy atom. The van der Waals surface area contributed by atoms with E-state index < -0.39 is 0 Å². The lowest BCUT2D eigenvalue weighted by molar-refractivity contribution is -0.0211. The Morgan fingerprint density at radius 3 is 2.80 bits per heavy atom. The molecule has 25 heavy (non-hydrogen) atoms. The zero-order valence-corrected chi connectivity index (χ0v) is 15.4. The molecule has 2 aliphatic heterocycles. The Hall–Kier alpha value is -1.67. The molecule has 8 heteroatoms. The van der Waals surface area contributed by atoms with Gasteiger partial charge in [-0.05, 0) is 38.8 Å². The number of rotatable bonds is 4. The van der Waals surface area contributed by atoms with Crippen molar-refractivity contribution in [1.82, 2.24) is 25.3 Å². The van der Waals surface area contributed by atoms with Crippen molar-refractivity contribution in [2.45, 2.75) is 45.8 Å². The van der Waals surface area contributed by atoms with Gasteiger partial charge in [-0.1, -0.05) is 12.1 Å². The number of morpholine rings is 1. The van der Waals surface area contributed by atoms with Crippen LogP contribution in [-0.4, -0.2) is 71.3 Å². The molecule has 2 unspecified atom stereocenters. The van der Waals surface area contributed by atoms with Crippen molar-refractivity contribution in [2.75, 3.05) is 39.3 Å². The first-order valence-electron chi connectivity index (χ1n) is 9.21. The molecule has 2 saturated heterocycles. The third-order valence-corrected chi connectivity index (χ3v) is 5.18. The second-order valence-electron chi connectivity index (χ2n) is 7.23. The summed E-state index contributed by atoms with van der Waals surface area (Å²) in [5.74, 6) is 1.83. The van der Waals surface area contributed by atoms with Crippen molar-refractivity contribution in [2.24, 2.45) is 5.92 Å². The van der Waals surface area contributed by atoms with Crippen LogP contribution in [0.2, 0.25) is 0 Å². The molecule has 0 aromatic carbocycles. The molecule has 2 amide bonds. The van der Waals surface area contributed by atoms with Gasteiger partial charge in [0.15, 0.2) is 0 Å². The van der Waals surface area contributed by atoms with Crippen molar-refractivity contribution in [3.05, 3.63) is 11.7 Å². The Labute approximate surface area is 148 Å². The van der Waals surface area contributed by atoms with Crippen molar-refractivity contribution in [3.8, 4) is 0 Å². The first kappa shape index (κ1) is 18.1. The molecule has 1 aromatic heterocycles. The fraction of sp³-hybridized carbons (Fsp3) is 0.824. The largest absolute Gasteiger partial charge is 0.366 e. The van der Waals surface area contributed by atoms with E-state index in [2.05, 4.69) is 34.2 Å². The van der Waals surface area contributed by atoms with Gasteiger partial charge in [-0.2, -0.15) is 4.98 Å². The highest BCUT2D eigenvalue weighted by Gasteiger charge is 2.29. The zero-order chi connectivity index (χ0) is 17.8. The maximum Gasteiger partial charge on any atom is 0.317 e. The SMILES string of the molecule is Cc1nc(C2CN(C(=O)NCC(C)N3CCC(C)CC3)CCO2)no1. The van der Waals surface area contributed by atoms with E-state index in [1.165, 1.54) is 12.8 Å². The van der Waals surface area contributed by atoms with Crippen LogP contribution in [0, 0.1) is 12.8 Å². The lowest BCUT2D eigenvalue weighted by Crippen LogP contribution is -2.51. The van der Waals surface area contributed by atoms with Crippen LogP contribution in [0.4, 0.5) is 4.79 Å². The molecule has 0 saturated carbocycles. The summed E-state index contributed by atoms with van der Waals surface area (Å²) in [4.78, 5) is 20.9. The number of nitrogens with one attached hydrogen (secondary N) is 1. The summed E-state index contributed by atoms with van der Waals surface area (Å²) in [6.07, 6.45) is 2.17. The van der Waals surface area contributed by atoms with Crippen molar-refractivity contribution in [3.63, 3.8) is 0 Å². The number of nitrogens with zero attached hydrogens (tertiary/aromatic N) is 4. The van der Waals surface area contributed by atoms with Crippen molar-refractivity contribution < 1.29 is 14.1 Å². The van der Waals surface area contributed by atoms with E-state index in [1.807, 2.05) is 0 Å². The van der Waals surface area contributed by atoms with Gasteiger partial charge in [0.05, 0.1) is 13.2 Å². The molecule has 0 radical (unpaired) electrons. The number of amides is 2. The molecule has 0 bridgehead atoms. The Bertz CT molecular complexity index is 570. The summed E-state index contributed by atoms with van der Waals surface area (Å²) >= 11 is 0. The summed E-state index contributed by atoms with van der Waals surface area (Å²) in [6.45, 7) is 10.6. The molecule has 1 N–H and O–H groups in total. The molecule has 3 rings (SSSR count). The lowest BCUT2D eigenvalue weighted by atomic mass is 9.98. The van der Waals surface area contributed by atoms with Gasteiger partial charge in [0.1, 0.15) is 6.10 Å². The lowest BCUT2D eigenvalue weighted by Gasteiger charge is -2.36. The number of urea groups is 1. The zero-order valence-electron chi connectivity index (χ0n) is 15.4. The van der Waals surface area contributed by atoms with Crippen LogP contribution in [-0.2, 0) is 4.74 Å². The molecule has 0 aliphatic carbocycles. The van der Waals surface area contributed by atoms with Crippen LogP contribution in [0.5, 0.6) is 0 Å². The van der Waals surface area contributed by atoms with Crippen molar-refractivity contribution in [1.29, 1.82) is 0 Å². The molecule has 2 aliphatic rings. The highest BCUT2D eigenvalue weighted by Crippen LogP contribution is 2.20. The van der Waals surface area contributed by atoms with Gasteiger partial charge in [-0.25, -0.2) is 4.79 Å². The van der Waals surface area contributed by atoms with Gasteiger partial charge < -0.3 is 19.5 Å². The number of aryl methyl sites for hydroxylation is 1. The van der Waals surface area contributed by atoms with Gasteiger partial charge in [-0.3, -0.25) is 4.90 Å². The van der Waals surface area contributed by atoms with Crippen LogP contribution >= 0.6 is 0 Å². The van der Waals surface area contributed by atoms with E-state index >= 15 is 0 Å². The minimum atomic E-state index is -0.321. The fourth-order valence-electron chi connectivity index (χ4n) is 3.38. The number of hydrogen-bond acceptors (Lipinski definition) is 6. The Balaban J connectivity index is 1.46. The van der Waals surface area contributed by atoms with Crippen LogP contribution in [0.15, 0.2) is 4.52 Å². The molecule has 1 aromatic rings. The first-order chi connectivity index (χ1) is 12.0. The maximum absolute atomic E-state index is 12.5. The monoisotopic (exact) mass is 351 g/mol. The van der Waals surface area contributed by atoms with E-state index in [0.29, 0.717) is 44.0 Å². The third-order valence-electron chi connectivity index (χ3n) is 5.18. The number of hydrogen-bond donors (Lipinski definition) is 1. The molecule has 8 nitrogen and oxygen atoms in total. The minimum Gasteiger partial charge on any atom is -0.366 e. The van der Waals surface area contributed by atoms with Gasteiger partial charge in [0.25, 0.3) is 0 Å². The van der Waals surface area contributed by atoms with Crippen LogP contribution in [0.3, 0.4) is 0 Å². The summed E-state index contributed by atoms with van der Waals surface area (Å²) in [7, 11) is 0. The normalized spacial score (nSPS) is 24.3. The molecule has 3 heterocycles. The highest BCUT2D eigenvalue weighted by molar-refractivity contribution is 5.74. The van der Waals surface area contributed by atoms with Crippen LogP contribution in [0.1, 0.15) is 44.5 Å². The van der Waals surface area contributed by atoms with Gasteiger partial charge in [-0.15, -0.1) is 0 Å². The van der Waals surface area contributed by atoms with E-state index in [-0.39, 0.29) is 12.1 Å². The smallest absolute Gasteiger partial charge is 0.317 e. The van der Waals surface area contributed by atoms with E-state index in [9.17, 15) is 4.79 Å². The second-order valence-corrected chi connectivity index (χ2v) is 7.23. The predicted molar refractivity (Wildman–Crippen MR) is 92.1 cm³/mol. The Kier molecular flexibility index (Phi) is 5.90. The number of carbonyl (C=O) groups is 1. The summed E-state index contributed by atoms with van der Waals surface area (Å²) in [5.41, 5.74) is 0. The summed E-state index contributed by atoms with van der Waals surface area (Å²) in [5, 5.41) is 6.96. The average Bonchev–Trinajstić information content (AvgIpc) is 3.06. The molecular weight excluding hydrogens is 322 g/mol. The third kappa shape index (κ3) is 4.70. The van der Waals surface area contributed by atoms with Gasteiger partial charge in [0.2, 0.25) is 11.7 Å². The number of ether oxygens (including phenoxy) is 1. The average molecular weight is 351 g/mol. The van der Waals surface area contributed by atoms with Gasteiger partial charge in [0, 0.05) is 26.1 Å². The maximum atomic E-state index is 12.5. The standard InChI is InChI=1S/C17H29N5O3/c1-12-4-6-21(7-5-12)13(2)10-18-17(23)22-8-9-24-15(11-22)16-19-14(3)25-20-16/h12-13,15H,4-11H2,1-3H3,(H,18,23). The van der Waals surface area contributed by atoms with E-state index in [4.69, 9.17) is 9.26 Å². The topological polar surface area (TPSA) is 83.7 Å². The first-order valence-corrected chi connectivity index (χ1v) is 9.21. The number of likely N-dealkylation sites (tertiary alicyclic amines) is 1. The van der Waals surface area contributed by atoms with Crippen LogP contribution in [0.25, 0.3) is 0 Å². The molecule has 0 spiro atoms. The molecule has 2 fully saturated rings. The summed E-state index contributed by atoms with van der Waals surface area (Å²) in [6, 6.07) is 0.305. The molecular formula is C17H29N5O3. The highest BCUT2D eigenvalue weighted by atomic mass is 16.5. The number of piperidine rings is 1. The molecule has 2 atom stereocenters. The Morgan fingerprint density at radius 1 is 1.36 bits per heavy atom. The second kappa shape index (κ2) is 8.14. The predicted octanol–water partition coefficient (Wildman–Crippen LogP) is 1.58. The van der Waals surface area contributed by atoms with Crippen molar-refractivity contribution >= 4 is 6.03 Å². The summed E-state index contributed by atoms with van der Waals surface area (Å²) < 4.78 is 10.7. The van der Waals surface area contributed by atoms with Gasteiger partial charge >= 0.3 is 6.03 Å². The minimum absolute atomic E-state index is 0.0502. The number of carbonyl (C=O) groups excluding carboxylic acids is 1. The van der Waals surface area contributed by atoms with E-state index in [1.54, 1.807) is 11.8 Å². The quantitative estimate of drug-likeness (QED) is 0.887. The molecule has 140 valence electrons. The van der Waals surface area contributed by atoms with E-state index in [0.717, 1.165) is 19.0 Å². The van der Waals surface area contributed by atoms with Crippen LogP contribution < -0.4 is 5.32 Å². The number of aromatic nitrogens is 2. The fourth-order valence-corrected chi connectivity index (χ4v) is 3.38.